The summed E-state index contributed by atoms with van der Waals surface area (Å²) in [6.07, 6.45) is 2.08. The van der Waals surface area contributed by atoms with Crippen LogP contribution in [0.3, 0.4) is 0 Å². The van der Waals surface area contributed by atoms with Crippen molar-refractivity contribution in [3.05, 3.63) is 59.7 Å². The van der Waals surface area contributed by atoms with Gasteiger partial charge in [0.25, 0.3) is 0 Å². The van der Waals surface area contributed by atoms with Gasteiger partial charge < -0.3 is 10.2 Å². The Morgan fingerprint density at radius 1 is 1.24 bits per heavy atom. The monoisotopic (exact) mass is 296 g/mol. The molecule has 0 saturated heterocycles. The Bertz CT molecular complexity index is 666. The van der Waals surface area contributed by atoms with E-state index in [1.54, 1.807) is 0 Å². The third-order valence-corrected chi connectivity index (χ3v) is 4.31. The van der Waals surface area contributed by atoms with E-state index in [9.17, 15) is 0 Å². The van der Waals surface area contributed by atoms with Gasteiger partial charge in [-0.05, 0) is 61.3 Å². The van der Waals surface area contributed by atoms with Crippen LogP contribution in [-0.2, 0) is 12.8 Å². The van der Waals surface area contributed by atoms with E-state index in [0.29, 0.717) is 6.04 Å². The molecule has 3 rings (SSSR count). The van der Waals surface area contributed by atoms with Gasteiger partial charge in [-0.3, -0.25) is 0 Å². The van der Waals surface area contributed by atoms with Crippen molar-refractivity contribution in [2.24, 2.45) is 0 Å². The largest absolute Gasteiger partial charge is 0.332 e. The van der Waals surface area contributed by atoms with Gasteiger partial charge in [-0.15, -0.1) is 0 Å². The Kier molecular flexibility index (Phi) is 3.93. The number of fused-ring (bicyclic) bond motifs is 1. The van der Waals surface area contributed by atoms with E-state index in [0.717, 1.165) is 23.6 Å². The second-order valence-corrected chi connectivity index (χ2v) is 5.92. The van der Waals surface area contributed by atoms with Crippen molar-refractivity contribution < 1.29 is 0 Å². The van der Waals surface area contributed by atoms with Gasteiger partial charge in [0.05, 0.1) is 0 Å². The average Bonchev–Trinajstić information content (AvgIpc) is 2.83. The molecule has 0 radical (unpaired) electrons. The minimum atomic E-state index is 0.400. The number of nitrogens with zero attached hydrogens (tertiary/aromatic N) is 1. The van der Waals surface area contributed by atoms with Crippen molar-refractivity contribution >= 4 is 28.7 Å². The Balaban J connectivity index is 1.82. The molecule has 0 fully saturated rings. The molecule has 1 heterocycles. The molecule has 1 N–H and O–H groups in total. The van der Waals surface area contributed by atoms with Crippen LogP contribution in [0.1, 0.15) is 25.0 Å². The topological polar surface area (TPSA) is 15.3 Å². The van der Waals surface area contributed by atoms with Gasteiger partial charge in [-0.1, -0.05) is 37.3 Å². The zero-order valence-electron chi connectivity index (χ0n) is 12.5. The van der Waals surface area contributed by atoms with Gasteiger partial charge in [-0.2, -0.15) is 0 Å². The Hall–Kier alpha value is -1.87. The zero-order chi connectivity index (χ0) is 14.8. The molecule has 0 bridgehead atoms. The first-order valence-electron chi connectivity index (χ1n) is 7.46. The van der Waals surface area contributed by atoms with Gasteiger partial charge in [-0.25, -0.2) is 0 Å². The molecule has 1 unspecified atom stereocenters. The van der Waals surface area contributed by atoms with Crippen LogP contribution in [0.2, 0.25) is 0 Å². The quantitative estimate of drug-likeness (QED) is 0.827. The summed E-state index contributed by atoms with van der Waals surface area (Å²) >= 11 is 5.64. The van der Waals surface area contributed by atoms with Gasteiger partial charge in [0.15, 0.2) is 5.11 Å². The molecule has 2 aromatic rings. The van der Waals surface area contributed by atoms with Crippen molar-refractivity contribution in [3.8, 4) is 0 Å². The maximum atomic E-state index is 5.64. The lowest BCUT2D eigenvalue weighted by molar-refractivity contribution is 0.776. The van der Waals surface area contributed by atoms with Crippen LogP contribution >= 0.6 is 12.2 Å². The Morgan fingerprint density at radius 2 is 2.05 bits per heavy atom. The Labute approximate surface area is 131 Å². The minimum Gasteiger partial charge on any atom is -0.332 e. The van der Waals surface area contributed by atoms with Crippen LogP contribution in [-0.4, -0.2) is 11.2 Å². The molecule has 1 aliphatic heterocycles. The van der Waals surface area contributed by atoms with Crippen molar-refractivity contribution in [2.45, 2.75) is 32.7 Å². The Morgan fingerprint density at radius 3 is 2.86 bits per heavy atom. The molecule has 3 heteroatoms. The molecule has 0 amide bonds. The van der Waals surface area contributed by atoms with E-state index in [1.165, 1.54) is 16.8 Å². The standard InChI is InChI=1S/C18H20N2S/c1-3-14-7-6-9-16(12-14)19-18(21)20-13(2)11-15-8-4-5-10-17(15)20/h4-10,12-13H,3,11H2,1-2H3,(H,19,21). The van der Waals surface area contributed by atoms with E-state index in [1.807, 2.05) is 0 Å². The van der Waals surface area contributed by atoms with E-state index < -0.39 is 0 Å². The van der Waals surface area contributed by atoms with Crippen LogP contribution in [0.15, 0.2) is 48.5 Å². The van der Waals surface area contributed by atoms with Crippen LogP contribution in [0.25, 0.3) is 0 Å². The van der Waals surface area contributed by atoms with Gasteiger partial charge >= 0.3 is 0 Å². The fourth-order valence-corrected chi connectivity index (χ4v) is 3.32. The third-order valence-electron chi connectivity index (χ3n) is 4.01. The molecule has 0 aliphatic carbocycles. The number of rotatable bonds is 2. The molecular formula is C18H20N2S. The fraction of sp³-hybridized carbons (Fsp3) is 0.278. The van der Waals surface area contributed by atoms with Crippen molar-refractivity contribution in [3.63, 3.8) is 0 Å². The predicted molar refractivity (Wildman–Crippen MR) is 94.1 cm³/mol. The number of aryl methyl sites for hydroxylation is 1. The number of hydrogen-bond acceptors (Lipinski definition) is 1. The van der Waals surface area contributed by atoms with E-state index in [4.69, 9.17) is 12.2 Å². The first-order chi connectivity index (χ1) is 10.2. The molecule has 0 spiro atoms. The average molecular weight is 296 g/mol. The second-order valence-electron chi connectivity index (χ2n) is 5.54. The van der Waals surface area contributed by atoms with Crippen molar-refractivity contribution in [1.29, 1.82) is 0 Å². The maximum absolute atomic E-state index is 5.64. The highest BCUT2D eigenvalue weighted by Crippen LogP contribution is 2.32. The number of anilines is 2. The lowest BCUT2D eigenvalue weighted by atomic mass is 10.1. The van der Waals surface area contributed by atoms with E-state index in [2.05, 4.69) is 72.6 Å². The van der Waals surface area contributed by atoms with Gasteiger partial charge in [0.1, 0.15) is 0 Å². The minimum absolute atomic E-state index is 0.400. The van der Waals surface area contributed by atoms with Crippen molar-refractivity contribution in [1.82, 2.24) is 0 Å². The highest BCUT2D eigenvalue weighted by atomic mass is 32.1. The summed E-state index contributed by atoms with van der Waals surface area (Å²) in [6, 6.07) is 17.4. The van der Waals surface area contributed by atoms with Crippen LogP contribution in [0, 0.1) is 0 Å². The first-order valence-corrected chi connectivity index (χ1v) is 7.87. The number of hydrogen-bond donors (Lipinski definition) is 1. The SMILES string of the molecule is CCc1cccc(NC(=S)N2c3ccccc3CC2C)c1. The van der Waals surface area contributed by atoms with Crippen LogP contribution in [0.5, 0.6) is 0 Å². The van der Waals surface area contributed by atoms with Crippen LogP contribution in [0.4, 0.5) is 11.4 Å². The zero-order valence-corrected chi connectivity index (χ0v) is 13.3. The predicted octanol–water partition coefficient (Wildman–Crippen LogP) is 4.40. The summed E-state index contributed by atoms with van der Waals surface area (Å²) in [5, 5.41) is 4.17. The summed E-state index contributed by atoms with van der Waals surface area (Å²) in [5.74, 6) is 0. The normalized spacial score (nSPS) is 16.7. The van der Waals surface area contributed by atoms with Gasteiger partial charge in [0.2, 0.25) is 0 Å². The molecule has 1 atom stereocenters. The summed E-state index contributed by atoms with van der Waals surface area (Å²) < 4.78 is 0. The smallest absolute Gasteiger partial charge is 0.178 e. The molecule has 0 aromatic heterocycles. The lowest BCUT2D eigenvalue weighted by Gasteiger charge is -2.26. The first kappa shape index (κ1) is 14.1. The highest BCUT2D eigenvalue weighted by Gasteiger charge is 2.28. The summed E-state index contributed by atoms with van der Waals surface area (Å²) in [4.78, 5) is 2.23. The van der Waals surface area contributed by atoms with Gasteiger partial charge in [0, 0.05) is 17.4 Å². The summed E-state index contributed by atoms with van der Waals surface area (Å²) in [7, 11) is 0. The summed E-state index contributed by atoms with van der Waals surface area (Å²) in [5.41, 5.74) is 4.99. The number of thiocarbonyl (C=S) groups is 1. The van der Waals surface area contributed by atoms with Crippen molar-refractivity contribution in [2.75, 3.05) is 10.2 Å². The highest BCUT2D eigenvalue weighted by molar-refractivity contribution is 7.80. The van der Waals surface area contributed by atoms with Crippen LogP contribution < -0.4 is 10.2 Å². The molecule has 108 valence electrons. The molecular weight excluding hydrogens is 276 g/mol. The number of nitrogens with one attached hydrogen (secondary N) is 1. The lowest BCUT2D eigenvalue weighted by Crippen LogP contribution is -2.38. The molecule has 0 saturated carbocycles. The molecule has 1 aliphatic rings. The second kappa shape index (κ2) is 5.86. The van der Waals surface area contributed by atoms with E-state index >= 15 is 0 Å². The molecule has 21 heavy (non-hydrogen) atoms. The number of para-hydroxylation sites is 1. The van der Waals surface area contributed by atoms with E-state index in [-0.39, 0.29) is 0 Å². The molecule has 2 nitrogen and oxygen atoms in total. The fourth-order valence-electron chi connectivity index (χ4n) is 2.93. The molecule has 2 aromatic carbocycles. The maximum Gasteiger partial charge on any atom is 0.178 e. The third kappa shape index (κ3) is 2.79. The number of benzene rings is 2. The summed E-state index contributed by atoms with van der Waals surface area (Å²) in [6.45, 7) is 4.38.